The van der Waals surface area contributed by atoms with E-state index in [0.29, 0.717) is 0 Å². The van der Waals surface area contributed by atoms with Gasteiger partial charge in [0.1, 0.15) is 5.56 Å². The second-order valence-corrected chi connectivity index (χ2v) is 5.21. The first-order valence-electron chi connectivity index (χ1n) is 6.59. The highest BCUT2D eigenvalue weighted by molar-refractivity contribution is 6.09. The Bertz CT molecular complexity index is 844. The van der Waals surface area contributed by atoms with Crippen molar-refractivity contribution in [3.63, 3.8) is 0 Å². The first kappa shape index (κ1) is 15.9. The van der Waals surface area contributed by atoms with Crippen LogP contribution in [0.2, 0.25) is 0 Å². The molecule has 9 nitrogen and oxygen atoms in total. The molecule has 0 saturated carbocycles. The maximum Gasteiger partial charge on any atom is 0.301 e. The number of fused-ring (bicyclic) bond motifs is 1. The zero-order valence-corrected chi connectivity index (χ0v) is 11.8. The topological polar surface area (TPSA) is 168 Å². The van der Waals surface area contributed by atoms with Crippen molar-refractivity contribution in [3.05, 3.63) is 41.5 Å². The minimum atomic E-state index is -3.56. The standard InChI is InChI=1S/C15H12O9/c16-8-7-12(11(19)10(18)9(8)17)24-15(23,14(21,22)13(7)20)6-4-2-1-3-5-6/h1-5,16-19,21-23H. The lowest BCUT2D eigenvalue weighted by molar-refractivity contribution is -0.328. The van der Waals surface area contributed by atoms with Gasteiger partial charge >= 0.3 is 5.79 Å². The summed E-state index contributed by atoms with van der Waals surface area (Å²) in [7, 11) is 0. The van der Waals surface area contributed by atoms with E-state index in [1.54, 1.807) is 6.07 Å². The van der Waals surface area contributed by atoms with Gasteiger partial charge in [0, 0.05) is 5.56 Å². The molecule has 0 aromatic heterocycles. The zero-order valence-electron chi connectivity index (χ0n) is 11.8. The molecule has 3 rings (SSSR count). The van der Waals surface area contributed by atoms with E-state index in [-0.39, 0.29) is 5.56 Å². The number of ether oxygens (including phenoxy) is 1. The number of hydrogen-bond acceptors (Lipinski definition) is 9. The summed E-state index contributed by atoms with van der Waals surface area (Å²) in [5, 5.41) is 69.5. The average molecular weight is 336 g/mol. The summed E-state index contributed by atoms with van der Waals surface area (Å²) in [6, 6.07) is 6.82. The predicted molar refractivity (Wildman–Crippen MR) is 75.6 cm³/mol. The van der Waals surface area contributed by atoms with Gasteiger partial charge in [-0.1, -0.05) is 30.3 Å². The Morgan fingerprint density at radius 3 is 1.92 bits per heavy atom. The monoisotopic (exact) mass is 336 g/mol. The summed E-state index contributed by atoms with van der Waals surface area (Å²) in [6.45, 7) is 0. The molecule has 1 unspecified atom stereocenters. The fraction of sp³-hybridized carbons (Fsp3) is 0.133. The number of phenolic OH excluding ortho intramolecular Hbond substituents is 4. The number of rotatable bonds is 1. The zero-order chi connectivity index (χ0) is 17.9. The lowest BCUT2D eigenvalue weighted by Crippen LogP contribution is -2.62. The van der Waals surface area contributed by atoms with Crippen LogP contribution in [-0.4, -0.2) is 47.3 Å². The van der Waals surface area contributed by atoms with E-state index in [0.717, 1.165) is 0 Å². The second kappa shape index (κ2) is 4.74. The van der Waals surface area contributed by atoms with Crippen LogP contribution in [-0.2, 0) is 5.79 Å². The van der Waals surface area contributed by atoms with Crippen molar-refractivity contribution in [2.75, 3.05) is 0 Å². The SMILES string of the molecule is O=C1c2c(O)c(O)c(O)c(O)c2OC(O)(c2ccccc2)C1(O)O. The molecule has 24 heavy (non-hydrogen) atoms. The van der Waals surface area contributed by atoms with Crippen LogP contribution in [0.15, 0.2) is 30.3 Å². The number of carbonyl (C=O) groups excluding carboxylic acids is 1. The number of Topliss-reactive ketones (excluding diaryl/α,β-unsaturated/α-hetero) is 1. The highest BCUT2D eigenvalue weighted by atomic mass is 16.7. The summed E-state index contributed by atoms with van der Waals surface area (Å²) in [5.41, 5.74) is -1.26. The second-order valence-electron chi connectivity index (χ2n) is 5.21. The molecule has 1 aliphatic heterocycles. The average Bonchev–Trinajstić information content (AvgIpc) is 2.57. The molecule has 0 spiro atoms. The van der Waals surface area contributed by atoms with E-state index < -0.39 is 51.7 Å². The summed E-state index contributed by atoms with van der Waals surface area (Å²) in [6.07, 6.45) is 0. The molecule has 7 N–H and O–H groups in total. The third-order valence-corrected chi connectivity index (χ3v) is 3.78. The predicted octanol–water partition coefficient (Wildman–Crippen LogP) is -0.390. The smallest absolute Gasteiger partial charge is 0.301 e. The molecule has 0 amide bonds. The molecule has 1 heterocycles. The van der Waals surface area contributed by atoms with E-state index in [4.69, 9.17) is 4.74 Å². The van der Waals surface area contributed by atoms with Crippen LogP contribution in [0.25, 0.3) is 0 Å². The fourth-order valence-electron chi connectivity index (χ4n) is 2.46. The molecule has 2 aromatic rings. The molecule has 0 bridgehead atoms. The Balaban J connectivity index is 2.34. The highest BCUT2D eigenvalue weighted by Crippen LogP contribution is 2.56. The van der Waals surface area contributed by atoms with E-state index in [2.05, 4.69) is 0 Å². The normalized spacial score (nSPS) is 21.9. The molecule has 0 radical (unpaired) electrons. The van der Waals surface area contributed by atoms with Crippen molar-refractivity contribution in [2.24, 2.45) is 0 Å². The quantitative estimate of drug-likeness (QED) is 0.208. The summed E-state index contributed by atoms with van der Waals surface area (Å²) < 4.78 is 4.99. The molecule has 0 aliphatic carbocycles. The van der Waals surface area contributed by atoms with Gasteiger partial charge in [0.2, 0.25) is 23.0 Å². The van der Waals surface area contributed by atoms with Crippen molar-refractivity contribution < 1.29 is 45.3 Å². The Hall–Kier alpha value is -3.01. The van der Waals surface area contributed by atoms with Crippen molar-refractivity contribution in [1.82, 2.24) is 0 Å². The fourth-order valence-corrected chi connectivity index (χ4v) is 2.46. The van der Waals surface area contributed by atoms with Gasteiger partial charge in [0.05, 0.1) is 0 Å². The molecule has 9 heteroatoms. The number of ketones is 1. The van der Waals surface area contributed by atoms with E-state index in [1.807, 2.05) is 0 Å². The molecule has 2 aromatic carbocycles. The minimum Gasteiger partial charge on any atom is -0.504 e. The van der Waals surface area contributed by atoms with Crippen LogP contribution in [0, 0.1) is 0 Å². The number of aromatic hydroxyl groups is 4. The van der Waals surface area contributed by atoms with E-state index in [9.17, 15) is 40.5 Å². The number of phenols is 4. The van der Waals surface area contributed by atoms with Crippen LogP contribution in [0.3, 0.4) is 0 Å². The van der Waals surface area contributed by atoms with Crippen LogP contribution < -0.4 is 4.74 Å². The Labute approximate surface area is 133 Å². The molecular weight excluding hydrogens is 324 g/mol. The largest absolute Gasteiger partial charge is 0.504 e. The van der Waals surface area contributed by atoms with Gasteiger partial charge in [-0.3, -0.25) is 4.79 Å². The van der Waals surface area contributed by atoms with Crippen molar-refractivity contribution in [1.29, 1.82) is 0 Å². The molecular formula is C15H12O9. The van der Waals surface area contributed by atoms with Gasteiger partial charge < -0.3 is 40.5 Å². The molecule has 0 fully saturated rings. The number of carbonyl (C=O) groups is 1. The summed E-state index contributed by atoms with van der Waals surface area (Å²) >= 11 is 0. The maximum absolute atomic E-state index is 12.4. The van der Waals surface area contributed by atoms with Crippen LogP contribution in [0.5, 0.6) is 28.7 Å². The lowest BCUT2D eigenvalue weighted by atomic mass is 9.86. The Kier molecular flexibility index (Phi) is 3.14. The van der Waals surface area contributed by atoms with Gasteiger partial charge in [-0.15, -0.1) is 0 Å². The number of aliphatic hydroxyl groups is 3. The van der Waals surface area contributed by atoms with Gasteiger partial charge in [0.25, 0.3) is 5.79 Å². The summed E-state index contributed by atoms with van der Waals surface area (Å²) in [5.74, 6) is -14.1. The van der Waals surface area contributed by atoms with E-state index in [1.165, 1.54) is 24.3 Å². The maximum atomic E-state index is 12.4. The van der Waals surface area contributed by atoms with Crippen molar-refractivity contribution in [2.45, 2.75) is 11.6 Å². The summed E-state index contributed by atoms with van der Waals surface area (Å²) in [4.78, 5) is 12.4. The first-order valence-corrected chi connectivity index (χ1v) is 6.59. The molecule has 0 saturated heterocycles. The van der Waals surface area contributed by atoms with Gasteiger partial charge in [-0.05, 0) is 0 Å². The van der Waals surface area contributed by atoms with Gasteiger partial charge in [0.15, 0.2) is 11.5 Å². The van der Waals surface area contributed by atoms with E-state index >= 15 is 0 Å². The minimum absolute atomic E-state index is 0.250. The highest BCUT2D eigenvalue weighted by Gasteiger charge is 2.63. The third kappa shape index (κ3) is 1.77. The van der Waals surface area contributed by atoms with Crippen molar-refractivity contribution in [3.8, 4) is 28.7 Å². The van der Waals surface area contributed by atoms with Crippen molar-refractivity contribution >= 4 is 5.78 Å². The molecule has 126 valence electrons. The number of benzene rings is 2. The van der Waals surface area contributed by atoms with Gasteiger partial charge in [-0.2, -0.15) is 0 Å². The third-order valence-electron chi connectivity index (χ3n) is 3.78. The lowest BCUT2D eigenvalue weighted by Gasteiger charge is -2.42. The van der Waals surface area contributed by atoms with Crippen LogP contribution in [0.1, 0.15) is 15.9 Å². The van der Waals surface area contributed by atoms with Crippen LogP contribution >= 0.6 is 0 Å². The van der Waals surface area contributed by atoms with Gasteiger partial charge in [-0.25, -0.2) is 0 Å². The Morgan fingerprint density at radius 1 is 0.792 bits per heavy atom. The molecule has 1 atom stereocenters. The molecule has 1 aliphatic rings. The van der Waals surface area contributed by atoms with Crippen LogP contribution in [0.4, 0.5) is 0 Å². The number of hydrogen-bond donors (Lipinski definition) is 7. The first-order chi connectivity index (χ1) is 11.1. The Morgan fingerprint density at radius 2 is 1.33 bits per heavy atom.